The normalized spacial score (nSPS) is 7.47. The third-order valence-electron chi connectivity index (χ3n) is 0.671. The SMILES string of the molecule is C#CC#CC#C.CC(C)(C)O.CCCC(=O)O. The number of rotatable bonds is 2. The Labute approximate surface area is 104 Å². The third-order valence-corrected chi connectivity index (χ3v) is 0.671. The number of carboxylic acid groups (broad SMARTS) is 1. The molecular formula is C14H20O3. The van der Waals surface area contributed by atoms with Gasteiger partial charge in [-0.3, -0.25) is 4.79 Å². The van der Waals surface area contributed by atoms with E-state index in [1.165, 1.54) is 0 Å². The van der Waals surface area contributed by atoms with Crippen molar-refractivity contribution in [1.29, 1.82) is 0 Å². The largest absolute Gasteiger partial charge is 0.481 e. The zero-order valence-corrected chi connectivity index (χ0v) is 10.9. The number of aliphatic carboxylic acids is 1. The maximum absolute atomic E-state index is 9.60. The molecule has 0 heterocycles. The first kappa shape index (κ1) is 20.5. The summed E-state index contributed by atoms with van der Waals surface area (Å²) in [6, 6.07) is 0. The van der Waals surface area contributed by atoms with Gasteiger partial charge in [-0.1, -0.05) is 6.92 Å². The molecule has 0 bridgehead atoms. The average Bonchev–Trinajstić information content (AvgIpc) is 2.12. The van der Waals surface area contributed by atoms with Crippen molar-refractivity contribution >= 4 is 5.97 Å². The summed E-state index contributed by atoms with van der Waals surface area (Å²) in [5, 5.41) is 16.4. The molecule has 0 aliphatic rings. The zero-order chi connectivity index (χ0) is 14.3. The van der Waals surface area contributed by atoms with Crippen LogP contribution in [0.1, 0.15) is 40.5 Å². The van der Waals surface area contributed by atoms with Crippen LogP contribution in [0.25, 0.3) is 0 Å². The number of carbonyl (C=O) groups is 1. The molecule has 2 N–H and O–H groups in total. The molecule has 0 aromatic heterocycles. The number of carboxylic acids is 1. The Morgan fingerprint density at radius 3 is 1.53 bits per heavy atom. The highest BCUT2D eigenvalue weighted by molar-refractivity contribution is 5.66. The van der Waals surface area contributed by atoms with Gasteiger partial charge in [0.1, 0.15) is 0 Å². The van der Waals surface area contributed by atoms with Crippen LogP contribution < -0.4 is 0 Å². The Morgan fingerprint density at radius 2 is 1.47 bits per heavy atom. The summed E-state index contributed by atoms with van der Waals surface area (Å²) in [5.74, 6) is 7.90. The predicted molar refractivity (Wildman–Crippen MR) is 70.0 cm³/mol. The molecule has 0 amide bonds. The zero-order valence-electron chi connectivity index (χ0n) is 10.9. The number of hydrogen-bond donors (Lipinski definition) is 2. The molecule has 3 heteroatoms. The minimum Gasteiger partial charge on any atom is -0.481 e. The van der Waals surface area contributed by atoms with Crippen LogP contribution in [-0.4, -0.2) is 21.8 Å². The molecule has 0 aliphatic carbocycles. The molecule has 94 valence electrons. The van der Waals surface area contributed by atoms with E-state index < -0.39 is 11.6 Å². The summed E-state index contributed by atoms with van der Waals surface area (Å²) in [4.78, 5) is 9.60. The Kier molecular flexibility index (Phi) is 17.0. The second-order valence-electron chi connectivity index (χ2n) is 3.85. The van der Waals surface area contributed by atoms with Crippen molar-refractivity contribution in [2.45, 2.75) is 46.1 Å². The first-order valence-electron chi connectivity index (χ1n) is 5.04. The molecule has 0 aromatic carbocycles. The van der Waals surface area contributed by atoms with Gasteiger partial charge in [0.05, 0.1) is 5.60 Å². The lowest BCUT2D eigenvalue weighted by atomic mass is 10.2. The van der Waals surface area contributed by atoms with E-state index in [1.54, 1.807) is 20.8 Å². The Morgan fingerprint density at radius 1 is 1.18 bits per heavy atom. The van der Waals surface area contributed by atoms with Gasteiger partial charge in [-0.05, 0) is 50.9 Å². The lowest BCUT2D eigenvalue weighted by molar-refractivity contribution is -0.137. The first-order chi connectivity index (χ1) is 7.68. The summed E-state index contributed by atoms with van der Waals surface area (Å²) < 4.78 is 0. The quantitative estimate of drug-likeness (QED) is 0.720. The van der Waals surface area contributed by atoms with Crippen LogP contribution in [0.2, 0.25) is 0 Å². The molecule has 17 heavy (non-hydrogen) atoms. The smallest absolute Gasteiger partial charge is 0.303 e. The molecular weight excluding hydrogens is 216 g/mol. The van der Waals surface area contributed by atoms with E-state index in [2.05, 4.69) is 23.7 Å². The lowest BCUT2D eigenvalue weighted by Crippen LogP contribution is -2.10. The summed E-state index contributed by atoms with van der Waals surface area (Å²) >= 11 is 0. The van der Waals surface area contributed by atoms with Gasteiger partial charge in [-0.25, -0.2) is 0 Å². The van der Waals surface area contributed by atoms with Crippen molar-refractivity contribution in [2.24, 2.45) is 0 Å². The van der Waals surface area contributed by atoms with Crippen molar-refractivity contribution < 1.29 is 15.0 Å². The lowest BCUT2D eigenvalue weighted by Gasteiger charge is -2.04. The Balaban J connectivity index is -0.000000174. The molecule has 0 atom stereocenters. The monoisotopic (exact) mass is 236 g/mol. The second-order valence-corrected chi connectivity index (χ2v) is 3.85. The first-order valence-corrected chi connectivity index (χ1v) is 5.04. The summed E-state index contributed by atoms with van der Waals surface area (Å²) in [7, 11) is 0. The highest BCUT2D eigenvalue weighted by Crippen LogP contribution is 1.93. The van der Waals surface area contributed by atoms with Crippen molar-refractivity contribution in [3.63, 3.8) is 0 Å². The van der Waals surface area contributed by atoms with Crippen LogP contribution in [0.15, 0.2) is 0 Å². The van der Waals surface area contributed by atoms with Crippen molar-refractivity contribution in [2.75, 3.05) is 0 Å². The molecule has 0 unspecified atom stereocenters. The van der Waals surface area contributed by atoms with E-state index in [0.717, 1.165) is 6.42 Å². The van der Waals surface area contributed by atoms with Crippen LogP contribution in [-0.2, 0) is 4.79 Å². The molecule has 0 fully saturated rings. The van der Waals surface area contributed by atoms with E-state index in [4.69, 9.17) is 23.1 Å². The number of aliphatic hydroxyl groups is 1. The molecule has 0 aliphatic heterocycles. The Hall–Kier alpha value is -1.89. The van der Waals surface area contributed by atoms with Crippen molar-refractivity contribution in [3.8, 4) is 36.5 Å². The van der Waals surface area contributed by atoms with Crippen molar-refractivity contribution in [1.82, 2.24) is 0 Å². The number of hydrogen-bond acceptors (Lipinski definition) is 2. The van der Waals surface area contributed by atoms with Gasteiger partial charge in [-0.15, -0.1) is 12.8 Å². The third kappa shape index (κ3) is 122. The summed E-state index contributed by atoms with van der Waals surface area (Å²) in [6.07, 6.45) is 10.4. The maximum atomic E-state index is 9.60. The molecule has 0 radical (unpaired) electrons. The van der Waals surface area contributed by atoms with Crippen LogP contribution in [0.5, 0.6) is 0 Å². The fraction of sp³-hybridized carbons (Fsp3) is 0.500. The van der Waals surface area contributed by atoms with E-state index in [-0.39, 0.29) is 0 Å². The van der Waals surface area contributed by atoms with Gasteiger partial charge >= 0.3 is 5.97 Å². The van der Waals surface area contributed by atoms with Gasteiger partial charge < -0.3 is 10.2 Å². The molecule has 0 spiro atoms. The van der Waals surface area contributed by atoms with Gasteiger partial charge in [0, 0.05) is 6.42 Å². The minimum atomic E-state index is -0.711. The molecule has 3 nitrogen and oxygen atoms in total. The van der Waals surface area contributed by atoms with Crippen molar-refractivity contribution in [3.05, 3.63) is 0 Å². The van der Waals surface area contributed by atoms with Gasteiger partial charge in [-0.2, -0.15) is 0 Å². The van der Waals surface area contributed by atoms with Crippen LogP contribution in [0.3, 0.4) is 0 Å². The maximum Gasteiger partial charge on any atom is 0.303 e. The summed E-state index contributed by atoms with van der Waals surface area (Å²) in [5.41, 5.74) is -0.500. The van der Waals surface area contributed by atoms with Gasteiger partial charge in [0.25, 0.3) is 0 Å². The highest BCUT2D eigenvalue weighted by atomic mass is 16.4. The average molecular weight is 236 g/mol. The standard InChI is InChI=1S/C6H2.C4H8O2.C4H10O/c1-3-5-6-4-2;1-2-3-4(5)6;1-4(2,3)5/h1-2H;2-3H2,1H3,(H,5,6);5H,1-3H3. The number of terminal acetylenes is 2. The Bertz CT molecular complexity index is 300. The summed E-state index contributed by atoms with van der Waals surface area (Å²) in [6.45, 7) is 7.07. The molecule has 0 rings (SSSR count). The fourth-order valence-electron chi connectivity index (χ4n) is 0.286. The molecule has 0 saturated heterocycles. The topological polar surface area (TPSA) is 57.5 Å². The predicted octanol–water partition coefficient (Wildman–Crippen LogP) is 1.90. The van der Waals surface area contributed by atoms with Gasteiger partial charge in [0.2, 0.25) is 0 Å². The second kappa shape index (κ2) is 14.1. The van der Waals surface area contributed by atoms with Crippen LogP contribution >= 0.6 is 0 Å². The van der Waals surface area contributed by atoms with Crippen LogP contribution in [0.4, 0.5) is 0 Å². The van der Waals surface area contributed by atoms with E-state index >= 15 is 0 Å². The highest BCUT2D eigenvalue weighted by Gasteiger charge is 1.97. The van der Waals surface area contributed by atoms with E-state index in [9.17, 15) is 4.79 Å². The van der Waals surface area contributed by atoms with Gasteiger partial charge in [0.15, 0.2) is 0 Å². The fourth-order valence-corrected chi connectivity index (χ4v) is 0.286. The molecule has 0 aromatic rings. The minimum absolute atomic E-state index is 0.292. The van der Waals surface area contributed by atoms with Crippen LogP contribution in [0, 0.1) is 36.5 Å². The van der Waals surface area contributed by atoms with E-state index in [0.29, 0.717) is 6.42 Å². The van der Waals surface area contributed by atoms with E-state index in [1.807, 2.05) is 6.92 Å². The molecule has 0 saturated carbocycles.